The number of nitrogen functional groups attached to an aromatic ring is 1. The number of pyridine rings is 1. The molecule has 0 spiro atoms. The van der Waals surface area contributed by atoms with Crippen molar-refractivity contribution in [2.24, 2.45) is 0 Å². The third-order valence-corrected chi connectivity index (χ3v) is 4.50. The number of hydrogen-bond donors (Lipinski definition) is 2. The van der Waals surface area contributed by atoms with E-state index in [9.17, 15) is 0 Å². The van der Waals surface area contributed by atoms with Crippen LogP contribution in [0.4, 0.5) is 11.5 Å². The van der Waals surface area contributed by atoms with E-state index in [1.807, 2.05) is 41.0 Å². The summed E-state index contributed by atoms with van der Waals surface area (Å²) >= 11 is 3.49. The van der Waals surface area contributed by atoms with Crippen LogP contribution in [0, 0.1) is 0 Å². The first-order chi connectivity index (χ1) is 12.7. The molecule has 0 radical (unpaired) electrons. The topological polar surface area (TPSA) is 94.5 Å². The maximum Gasteiger partial charge on any atom is 0.237 e. The van der Waals surface area contributed by atoms with Crippen LogP contribution in [0.25, 0.3) is 17.0 Å². The quantitative estimate of drug-likeness (QED) is 0.491. The Balaban J connectivity index is 1.58. The van der Waals surface area contributed by atoms with E-state index in [2.05, 4.69) is 41.2 Å². The van der Waals surface area contributed by atoms with Gasteiger partial charge in [-0.1, -0.05) is 6.07 Å². The predicted octanol–water partition coefficient (Wildman–Crippen LogP) is 3.21. The van der Waals surface area contributed by atoms with Gasteiger partial charge < -0.3 is 11.1 Å². The highest BCUT2D eigenvalue weighted by Gasteiger charge is 2.10. The Labute approximate surface area is 158 Å². The lowest BCUT2D eigenvalue weighted by molar-refractivity contribution is 0.918. The highest BCUT2D eigenvalue weighted by molar-refractivity contribution is 9.10. The van der Waals surface area contributed by atoms with E-state index in [4.69, 9.17) is 5.73 Å². The number of halogens is 1. The molecule has 3 aromatic heterocycles. The number of nitrogens with one attached hydrogen (secondary N) is 1. The first-order valence-electron chi connectivity index (χ1n) is 8.10. The summed E-state index contributed by atoms with van der Waals surface area (Å²) in [7, 11) is 0. The lowest BCUT2D eigenvalue weighted by atomic mass is 10.3. The molecule has 3 N–H and O–H groups in total. The summed E-state index contributed by atoms with van der Waals surface area (Å²) in [5, 5.41) is 3.33. The van der Waals surface area contributed by atoms with Crippen molar-refractivity contribution in [3.05, 3.63) is 65.3 Å². The van der Waals surface area contributed by atoms with Gasteiger partial charge in [0.1, 0.15) is 12.1 Å². The monoisotopic (exact) mass is 409 g/mol. The molecule has 0 aliphatic carbocycles. The van der Waals surface area contributed by atoms with Crippen molar-refractivity contribution in [2.45, 2.75) is 6.42 Å². The molecule has 130 valence electrons. The Bertz CT molecular complexity index is 1050. The normalized spacial score (nSPS) is 11.0. The van der Waals surface area contributed by atoms with Crippen LogP contribution in [-0.4, -0.2) is 31.0 Å². The van der Waals surface area contributed by atoms with E-state index >= 15 is 0 Å². The lowest BCUT2D eigenvalue weighted by Gasteiger charge is -2.10. The highest BCUT2D eigenvalue weighted by atomic mass is 79.9. The summed E-state index contributed by atoms with van der Waals surface area (Å²) in [6, 6.07) is 11.5. The van der Waals surface area contributed by atoms with Gasteiger partial charge in [0.05, 0.1) is 15.5 Å². The molecule has 26 heavy (non-hydrogen) atoms. The second kappa shape index (κ2) is 7.09. The average Bonchev–Trinajstić information content (AvgIpc) is 3.07. The van der Waals surface area contributed by atoms with Crippen molar-refractivity contribution in [1.29, 1.82) is 0 Å². The molecule has 8 heteroatoms. The molecule has 3 heterocycles. The first kappa shape index (κ1) is 16.5. The van der Waals surface area contributed by atoms with Gasteiger partial charge in [-0.25, -0.2) is 9.97 Å². The summed E-state index contributed by atoms with van der Waals surface area (Å²) in [4.78, 5) is 17.7. The number of benzene rings is 1. The zero-order valence-electron chi connectivity index (χ0n) is 13.8. The smallest absolute Gasteiger partial charge is 0.237 e. The summed E-state index contributed by atoms with van der Waals surface area (Å²) in [5.41, 5.74) is 9.31. The number of hydrogen-bond acceptors (Lipinski definition) is 6. The molecular formula is C18H16BrN7. The Hall–Kier alpha value is -3.00. The van der Waals surface area contributed by atoms with Crippen LogP contribution in [0.1, 0.15) is 5.69 Å². The van der Waals surface area contributed by atoms with Crippen molar-refractivity contribution in [3.63, 3.8) is 0 Å². The summed E-state index contributed by atoms with van der Waals surface area (Å²) in [6.07, 6.45) is 6.02. The van der Waals surface area contributed by atoms with Gasteiger partial charge in [0, 0.05) is 36.7 Å². The number of anilines is 2. The van der Waals surface area contributed by atoms with Crippen LogP contribution in [0.3, 0.4) is 0 Å². The molecule has 0 unspecified atom stereocenters. The highest BCUT2D eigenvalue weighted by Crippen LogP contribution is 2.23. The molecule has 4 aromatic rings. The van der Waals surface area contributed by atoms with Gasteiger partial charge in [-0.2, -0.15) is 4.98 Å². The summed E-state index contributed by atoms with van der Waals surface area (Å²) in [5.74, 6) is 1.25. The lowest BCUT2D eigenvalue weighted by Crippen LogP contribution is -2.10. The molecule has 0 fully saturated rings. The minimum Gasteiger partial charge on any atom is -0.399 e. The van der Waals surface area contributed by atoms with Crippen LogP contribution in [0.2, 0.25) is 0 Å². The van der Waals surface area contributed by atoms with Gasteiger partial charge in [-0.15, -0.1) is 0 Å². The SMILES string of the molecule is Nc1ccc2ncn(-c3ncc(Br)c(NCCc4ccccn4)n3)c2c1. The van der Waals surface area contributed by atoms with Crippen LogP contribution in [0.5, 0.6) is 0 Å². The van der Waals surface area contributed by atoms with Crippen LogP contribution in [0.15, 0.2) is 59.6 Å². The number of rotatable bonds is 5. The Morgan fingerprint density at radius 2 is 2.04 bits per heavy atom. The molecular weight excluding hydrogens is 394 g/mol. The zero-order chi connectivity index (χ0) is 17.9. The molecule has 0 bridgehead atoms. The van der Waals surface area contributed by atoms with E-state index in [0.29, 0.717) is 18.2 Å². The largest absolute Gasteiger partial charge is 0.399 e. The number of nitrogens with two attached hydrogens (primary N) is 1. The minimum absolute atomic E-state index is 0.529. The molecule has 7 nitrogen and oxygen atoms in total. The fourth-order valence-corrected chi connectivity index (χ4v) is 2.97. The molecule has 0 amide bonds. The second-order valence-electron chi connectivity index (χ2n) is 5.73. The minimum atomic E-state index is 0.529. The molecule has 0 aliphatic rings. The Morgan fingerprint density at radius 3 is 2.88 bits per heavy atom. The molecule has 0 saturated carbocycles. The van der Waals surface area contributed by atoms with E-state index in [-0.39, 0.29) is 0 Å². The number of aromatic nitrogens is 5. The second-order valence-corrected chi connectivity index (χ2v) is 6.58. The average molecular weight is 410 g/mol. The van der Waals surface area contributed by atoms with E-state index in [1.165, 1.54) is 0 Å². The van der Waals surface area contributed by atoms with Gasteiger partial charge in [0.15, 0.2) is 0 Å². The summed E-state index contributed by atoms with van der Waals surface area (Å²) < 4.78 is 2.62. The third kappa shape index (κ3) is 3.36. The van der Waals surface area contributed by atoms with Crippen molar-refractivity contribution in [1.82, 2.24) is 24.5 Å². The van der Waals surface area contributed by atoms with Crippen molar-refractivity contribution in [2.75, 3.05) is 17.6 Å². The van der Waals surface area contributed by atoms with E-state index < -0.39 is 0 Å². The molecule has 0 aliphatic heterocycles. The Morgan fingerprint density at radius 1 is 1.12 bits per heavy atom. The van der Waals surface area contributed by atoms with Crippen molar-refractivity contribution >= 4 is 38.5 Å². The van der Waals surface area contributed by atoms with Gasteiger partial charge in [0.25, 0.3) is 0 Å². The first-order valence-corrected chi connectivity index (χ1v) is 8.89. The zero-order valence-corrected chi connectivity index (χ0v) is 15.4. The van der Waals surface area contributed by atoms with Gasteiger partial charge >= 0.3 is 0 Å². The maximum absolute atomic E-state index is 5.90. The number of fused-ring (bicyclic) bond motifs is 1. The van der Waals surface area contributed by atoms with Crippen molar-refractivity contribution in [3.8, 4) is 5.95 Å². The molecule has 0 saturated heterocycles. The number of imidazole rings is 1. The molecule has 0 atom stereocenters. The van der Waals surface area contributed by atoms with Crippen LogP contribution in [-0.2, 0) is 6.42 Å². The van der Waals surface area contributed by atoms with Gasteiger partial charge in [0.2, 0.25) is 5.95 Å². The van der Waals surface area contributed by atoms with E-state index in [1.54, 1.807) is 18.7 Å². The third-order valence-electron chi connectivity index (χ3n) is 3.92. The maximum atomic E-state index is 5.90. The summed E-state index contributed by atoms with van der Waals surface area (Å²) in [6.45, 7) is 0.712. The fraction of sp³-hybridized carbons (Fsp3) is 0.111. The standard InChI is InChI=1S/C18H16BrN7/c19-14-10-23-18(26-11-24-15-5-4-12(20)9-16(15)26)25-17(14)22-8-6-13-3-1-2-7-21-13/h1-5,7,9-11H,6,8,20H2,(H,22,23,25). The van der Waals surface area contributed by atoms with Gasteiger partial charge in [-0.05, 0) is 46.3 Å². The number of nitrogens with zero attached hydrogens (tertiary/aromatic N) is 5. The molecule has 4 rings (SSSR count). The van der Waals surface area contributed by atoms with E-state index in [0.717, 1.165) is 33.4 Å². The molecule has 1 aromatic carbocycles. The van der Waals surface area contributed by atoms with Gasteiger partial charge in [-0.3, -0.25) is 9.55 Å². The van der Waals surface area contributed by atoms with Crippen LogP contribution < -0.4 is 11.1 Å². The predicted molar refractivity (Wildman–Crippen MR) is 105 cm³/mol. The van der Waals surface area contributed by atoms with Crippen molar-refractivity contribution < 1.29 is 0 Å². The Kier molecular flexibility index (Phi) is 4.49. The van der Waals surface area contributed by atoms with Crippen LogP contribution >= 0.6 is 15.9 Å². The fourth-order valence-electron chi connectivity index (χ4n) is 2.64.